The van der Waals surface area contributed by atoms with E-state index in [4.69, 9.17) is 10.5 Å². The quantitative estimate of drug-likeness (QED) is 0.773. The molecule has 1 unspecified atom stereocenters. The second-order valence-electron chi connectivity index (χ2n) is 4.19. The molecule has 1 atom stereocenters. The van der Waals surface area contributed by atoms with Crippen LogP contribution >= 0.6 is 11.8 Å². The maximum Gasteiger partial charge on any atom is 0.0853 e. The van der Waals surface area contributed by atoms with E-state index in [1.165, 1.54) is 23.3 Å². The molecule has 1 aliphatic rings. The maximum absolute atomic E-state index is 5.84. The van der Waals surface area contributed by atoms with E-state index in [0.29, 0.717) is 19.1 Å². The van der Waals surface area contributed by atoms with Gasteiger partial charge < -0.3 is 10.5 Å². The third-order valence-electron chi connectivity index (χ3n) is 2.91. The van der Waals surface area contributed by atoms with Crippen LogP contribution in [0, 0.1) is 5.92 Å². The summed E-state index contributed by atoms with van der Waals surface area (Å²) in [6, 6.07) is 8.71. The fraction of sp³-hybridized carbons (Fsp3) is 0.538. The summed E-state index contributed by atoms with van der Waals surface area (Å²) in [5.41, 5.74) is 6.79. The van der Waals surface area contributed by atoms with Crippen LogP contribution in [-0.2, 0) is 4.74 Å². The van der Waals surface area contributed by atoms with E-state index >= 15 is 0 Å². The first-order valence-electron chi connectivity index (χ1n) is 5.80. The van der Waals surface area contributed by atoms with Gasteiger partial charge in [-0.2, -0.15) is 0 Å². The summed E-state index contributed by atoms with van der Waals surface area (Å²) < 4.78 is 5.84. The van der Waals surface area contributed by atoms with Crippen LogP contribution in [0.3, 0.4) is 0 Å². The minimum atomic E-state index is 0.263. The Morgan fingerprint density at radius 3 is 2.56 bits per heavy atom. The number of benzene rings is 1. The summed E-state index contributed by atoms with van der Waals surface area (Å²) in [7, 11) is 0. The van der Waals surface area contributed by atoms with E-state index in [1.54, 1.807) is 11.8 Å². The highest BCUT2D eigenvalue weighted by molar-refractivity contribution is 7.98. The van der Waals surface area contributed by atoms with Gasteiger partial charge in [0.25, 0.3) is 0 Å². The normalized spacial score (nSPS) is 17.4. The molecule has 2 rings (SSSR count). The van der Waals surface area contributed by atoms with Crippen molar-refractivity contribution < 1.29 is 4.74 Å². The molecule has 16 heavy (non-hydrogen) atoms. The van der Waals surface area contributed by atoms with Crippen molar-refractivity contribution in [1.82, 2.24) is 0 Å². The first-order valence-corrected chi connectivity index (χ1v) is 7.03. The first-order chi connectivity index (χ1) is 7.85. The summed E-state index contributed by atoms with van der Waals surface area (Å²) in [6.07, 6.45) is 4.94. The molecule has 0 radical (unpaired) electrons. The van der Waals surface area contributed by atoms with Crippen LogP contribution in [-0.4, -0.2) is 19.4 Å². The Morgan fingerprint density at radius 2 is 2.06 bits per heavy atom. The number of thioether (sulfide) groups is 1. The summed E-state index contributed by atoms with van der Waals surface area (Å²) in [6.45, 7) is 1.26. The van der Waals surface area contributed by atoms with E-state index in [9.17, 15) is 0 Å². The van der Waals surface area contributed by atoms with E-state index in [-0.39, 0.29) is 6.10 Å². The van der Waals surface area contributed by atoms with Crippen LogP contribution in [0.5, 0.6) is 0 Å². The van der Waals surface area contributed by atoms with E-state index in [2.05, 4.69) is 30.5 Å². The molecule has 1 aromatic carbocycles. The fourth-order valence-corrected chi connectivity index (χ4v) is 2.30. The topological polar surface area (TPSA) is 35.2 Å². The molecule has 1 fully saturated rings. The number of hydrogen-bond acceptors (Lipinski definition) is 3. The SMILES string of the molecule is CSc1ccc(C(OCCN)C2CC2)cc1. The molecule has 2 nitrogen and oxygen atoms in total. The van der Waals surface area contributed by atoms with Crippen molar-refractivity contribution in [2.45, 2.75) is 23.8 Å². The molecule has 0 heterocycles. The molecule has 0 amide bonds. The predicted octanol–water partition coefficient (Wildman–Crippen LogP) is 2.83. The summed E-state index contributed by atoms with van der Waals surface area (Å²) in [5.74, 6) is 0.715. The van der Waals surface area contributed by atoms with Crippen molar-refractivity contribution in [3.63, 3.8) is 0 Å². The zero-order valence-electron chi connectivity index (χ0n) is 9.69. The second kappa shape index (κ2) is 5.71. The van der Waals surface area contributed by atoms with E-state index in [0.717, 1.165) is 0 Å². The lowest BCUT2D eigenvalue weighted by atomic mass is 10.1. The summed E-state index contributed by atoms with van der Waals surface area (Å²) >= 11 is 1.77. The van der Waals surface area contributed by atoms with Gasteiger partial charge in [0.05, 0.1) is 12.7 Å². The van der Waals surface area contributed by atoms with Gasteiger partial charge in [-0.3, -0.25) is 0 Å². The lowest BCUT2D eigenvalue weighted by molar-refractivity contribution is 0.0424. The van der Waals surface area contributed by atoms with Crippen LogP contribution in [0.4, 0.5) is 0 Å². The number of nitrogens with two attached hydrogens (primary N) is 1. The predicted molar refractivity (Wildman–Crippen MR) is 68.7 cm³/mol. The molecule has 3 heteroatoms. The highest BCUT2D eigenvalue weighted by Crippen LogP contribution is 2.43. The van der Waals surface area contributed by atoms with Gasteiger partial charge >= 0.3 is 0 Å². The highest BCUT2D eigenvalue weighted by atomic mass is 32.2. The average Bonchev–Trinajstić information content (AvgIpc) is 3.15. The smallest absolute Gasteiger partial charge is 0.0853 e. The minimum absolute atomic E-state index is 0.263. The average molecular weight is 237 g/mol. The van der Waals surface area contributed by atoms with Crippen molar-refractivity contribution in [3.8, 4) is 0 Å². The van der Waals surface area contributed by atoms with Gasteiger partial charge in [0.15, 0.2) is 0 Å². The zero-order chi connectivity index (χ0) is 11.4. The molecule has 0 saturated heterocycles. The maximum atomic E-state index is 5.84. The Morgan fingerprint density at radius 1 is 1.38 bits per heavy atom. The van der Waals surface area contributed by atoms with Crippen LogP contribution < -0.4 is 5.73 Å². The largest absolute Gasteiger partial charge is 0.372 e. The van der Waals surface area contributed by atoms with Crippen molar-refractivity contribution in [2.24, 2.45) is 11.7 Å². The van der Waals surface area contributed by atoms with Crippen LogP contribution in [0.25, 0.3) is 0 Å². The van der Waals surface area contributed by atoms with Gasteiger partial charge in [-0.15, -0.1) is 11.8 Å². The van der Waals surface area contributed by atoms with Gasteiger partial charge in [-0.1, -0.05) is 12.1 Å². The molecule has 1 aliphatic carbocycles. The first kappa shape index (κ1) is 12.0. The molecule has 2 N–H and O–H groups in total. The van der Waals surface area contributed by atoms with Crippen LogP contribution in [0.15, 0.2) is 29.2 Å². The third-order valence-corrected chi connectivity index (χ3v) is 3.65. The Kier molecular flexibility index (Phi) is 4.27. The Hall–Kier alpha value is -0.510. The number of ether oxygens (including phenoxy) is 1. The fourth-order valence-electron chi connectivity index (χ4n) is 1.89. The Labute approximate surface area is 102 Å². The molecule has 1 aromatic rings. The third kappa shape index (κ3) is 3.00. The molecular formula is C13H19NOS. The lowest BCUT2D eigenvalue weighted by Gasteiger charge is -2.17. The minimum Gasteiger partial charge on any atom is -0.372 e. The van der Waals surface area contributed by atoms with Crippen molar-refractivity contribution in [1.29, 1.82) is 0 Å². The van der Waals surface area contributed by atoms with Crippen LogP contribution in [0.2, 0.25) is 0 Å². The number of hydrogen-bond donors (Lipinski definition) is 1. The van der Waals surface area contributed by atoms with E-state index < -0.39 is 0 Å². The Bertz CT molecular complexity index is 321. The molecule has 0 spiro atoms. The molecule has 0 aliphatic heterocycles. The zero-order valence-corrected chi connectivity index (χ0v) is 10.5. The Balaban J connectivity index is 2.05. The molecule has 0 bridgehead atoms. The van der Waals surface area contributed by atoms with Crippen molar-refractivity contribution in [2.75, 3.05) is 19.4 Å². The summed E-state index contributed by atoms with van der Waals surface area (Å²) in [4.78, 5) is 1.30. The summed E-state index contributed by atoms with van der Waals surface area (Å²) in [5, 5.41) is 0. The number of rotatable bonds is 6. The highest BCUT2D eigenvalue weighted by Gasteiger charge is 2.32. The van der Waals surface area contributed by atoms with Crippen molar-refractivity contribution >= 4 is 11.8 Å². The van der Waals surface area contributed by atoms with Gasteiger partial charge in [-0.05, 0) is 42.7 Å². The van der Waals surface area contributed by atoms with Crippen LogP contribution in [0.1, 0.15) is 24.5 Å². The van der Waals surface area contributed by atoms with Gasteiger partial charge in [0.2, 0.25) is 0 Å². The molecule has 88 valence electrons. The van der Waals surface area contributed by atoms with Crippen molar-refractivity contribution in [3.05, 3.63) is 29.8 Å². The van der Waals surface area contributed by atoms with Gasteiger partial charge in [0, 0.05) is 11.4 Å². The second-order valence-corrected chi connectivity index (χ2v) is 5.07. The molecule has 1 saturated carbocycles. The standard InChI is InChI=1S/C13H19NOS/c1-16-12-6-4-11(5-7-12)13(10-2-3-10)15-9-8-14/h4-7,10,13H,2-3,8-9,14H2,1H3. The van der Waals surface area contributed by atoms with Gasteiger partial charge in [0.1, 0.15) is 0 Å². The van der Waals surface area contributed by atoms with Gasteiger partial charge in [-0.25, -0.2) is 0 Å². The van der Waals surface area contributed by atoms with E-state index in [1.807, 2.05) is 0 Å². The molecule has 0 aromatic heterocycles. The lowest BCUT2D eigenvalue weighted by Crippen LogP contribution is -2.14. The monoisotopic (exact) mass is 237 g/mol. The molecular weight excluding hydrogens is 218 g/mol.